The molecule has 0 saturated carbocycles. The van der Waals surface area contributed by atoms with E-state index in [4.69, 9.17) is 16.3 Å². The number of aliphatic hydroxyl groups is 1. The highest BCUT2D eigenvalue weighted by atomic mass is 35.5. The fourth-order valence-electron chi connectivity index (χ4n) is 2.06. The first-order chi connectivity index (χ1) is 9.63. The zero-order chi connectivity index (χ0) is 14.5. The molecule has 1 atom stereocenters. The van der Waals surface area contributed by atoms with Crippen LogP contribution in [0.5, 0.6) is 5.75 Å². The molecule has 4 heteroatoms. The zero-order valence-electron chi connectivity index (χ0n) is 11.5. The van der Waals surface area contributed by atoms with Gasteiger partial charge in [-0.05, 0) is 47.7 Å². The number of hydrogen-bond donors (Lipinski definition) is 1. The van der Waals surface area contributed by atoms with Gasteiger partial charge in [0.05, 0.1) is 13.2 Å². The molecule has 0 aliphatic carbocycles. The number of rotatable bonds is 5. The van der Waals surface area contributed by atoms with Crippen molar-refractivity contribution in [3.8, 4) is 5.75 Å². The van der Waals surface area contributed by atoms with E-state index >= 15 is 0 Å². The Hall–Kier alpha value is -1.16. The van der Waals surface area contributed by atoms with Gasteiger partial charge in [-0.15, -0.1) is 11.8 Å². The van der Waals surface area contributed by atoms with Gasteiger partial charge in [-0.2, -0.15) is 0 Å². The first-order valence-electron chi connectivity index (χ1n) is 6.28. The molecule has 0 amide bonds. The Balaban J connectivity index is 2.17. The number of halogens is 1. The average Bonchev–Trinajstić information content (AvgIpc) is 2.47. The van der Waals surface area contributed by atoms with Crippen molar-refractivity contribution in [2.45, 2.75) is 17.4 Å². The van der Waals surface area contributed by atoms with E-state index in [2.05, 4.69) is 0 Å². The van der Waals surface area contributed by atoms with Gasteiger partial charge in [-0.3, -0.25) is 0 Å². The lowest BCUT2D eigenvalue weighted by atomic mass is 10.0. The van der Waals surface area contributed by atoms with Crippen LogP contribution in [0.2, 0.25) is 5.02 Å². The van der Waals surface area contributed by atoms with E-state index in [1.54, 1.807) is 24.9 Å². The second kappa shape index (κ2) is 7.02. The van der Waals surface area contributed by atoms with E-state index in [0.29, 0.717) is 11.4 Å². The molecular weight excluding hydrogens is 292 g/mol. The van der Waals surface area contributed by atoms with Crippen LogP contribution < -0.4 is 4.74 Å². The Morgan fingerprint density at radius 3 is 2.50 bits per heavy atom. The van der Waals surface area contributed by atoms with Gasteiger partial charge in [0.1, 0.15) is 5.75 Å². The van der Waals surface area contributed by atoms with Crippen LogP contribution in [-0.4, -0.2) is 18.5 Å². The zero-order valence-corrected chi connectivity index (χ0v) is 13.0. The van der Waals surface area contributed by atoms with Crippen molar-refractivity contribution in [3.63, 3.8) is 0 Å². The SMILES string of the molecule is COc1ccc(Cl)cc1CC(O)c1ccc(SC)cc1. The molecule has 2 nitrogen and oxygen atoms in total. The summed E-state index contributed by atoms with van der Waals surface area (Å²) in [5, 5.41) is 11.0. The third kappa shape index (κ3) is 3.69. The second-order valence-corrected chi connectivity index (χ2v) is 5.77. The van der Waals surface area contributed by atoms with Crippen molar-refractivity contribution in [3.05, 3.63) is 58.6 Å². The lowest BCUT2D eigenvalue weighted by Crippen LogP contribution is -2.03. The van der Waals surface area contributed by atoms with Crippen molar-refractivity contribution in [1.82, 2.24) is 0 Å². The molecule has 0 bridgehead atoms. The van der Waals surface area contributed by atoms with Crippen molar-refractivity contribution in [2.75, 3.05) is 13.4 Å². The van der Waals surface area contributed by atoms with E-state index in [9.17, 15) is 5.11 Å². The van der Waals surface area contributed by atoms with E-state index in [1.807, 2.05) is 42.7 Å². The summed E-state index contributed by atoms with van der Waals surface area (Å²) in [5.41, 5.74) is 1.80. The molecule has 1 N–H and O–H groups in total. The fraction of sp³-hybridized carbons (Fsp3) is 0.250. The van der Waals surface area contributed by atoms with Crippen LogP contribution in [0.4, 0.5) is 0 Å². The maximum Gasteiger partial charge on any atom is 0.122 e. The first-order valence-corrected chi connectivity index (χ1v) is 7.88. The highest BCUT2D eigenvalue weighted by molar-refractivity contribution is 7.98. The van der Waals surface area contributed by atoms with E-state index < -0.39 is 6.10 Å². The number of benzene rings is 2. The molecule has 1 unspecified atom stereocenters. The smallest absolute Gasteiger partial charge is 0.122 e. The van der Waals surface area contributed by atoms with Crippen LogP contribution in [0.1, 0.15) is 17.2 Å². The minimum absolute atomic E-state index is 0.475. The summed E-state index contributed by atoms with van der Waals surface area (Å²) < 4.78 is 5.30. The second-order valence-electron chi connectivity index (χ2n) is 4.45. The molecule has 0 saturated heterocycles. The Morgan fingerprint density at radius 1 is 1.20 bits per heavy atom. The molecule has 20 heavy (non-hydrogen) atoms. The minimum atomic E-state index is -0.571. The highest BCUT2D eigenvalue weighted by Gasteiger charge is 2.12. The van der Waals surface area contributed by atoms with Gasteiger partial charge in [0.25, 0.3) is 0 Å². The number of methoxy groups -OCH3 is 1. The normalized spacial score (nSPS) is 12.2. The first kappa shape index (κ1) is 15.2. The monoisotopic (exact) mass is 308 g/mol. The van der Waals surface area contributed by atoms with Gasteiger partial charge >= 0.3 is 0 Å². The van der Waals surface area contributed by atoms with Crippen LogP contribution in [0, 0.1) is 0 Å². The largest absolute Gasteiger partial charge is 0.496 e. The quantitative estimate of drug-likeness (QED) is 0.833. The van der Waals surface area contributed by atoms with Crippen molar-refractivity contribution >= 4 is 23.4 Å². The maximum absolute atomic E-state index is 10.3. The number of ether oxygens (including phenoxy) is 1. The van der Waals surface area contributed by atoms with Gasteiger partial charge in [0, 0.05) is 16.3 Å². The number of hydrogen-bond acceptors (Lipinski definition) is 3. The molecule has 0 heterocycles. The van der Waals surface area contributed by atoms with Crippen LogP contribution >= 0.6 is 23.4 Å². The molecule has 2 rings (SSSR count). The molecule has 0 aliphatic heterocycles. The third-order valence-corrected chi connectivity index (χ3v) is 4.13. The topological polar surface area (TPSA) is 29.5 Å². The standard InChI is InChI=1S/C16H17ClO2S/c1-19-16-8-5-13(17)9-12(16)10-15(18)11-3-6-14(20-2)7-4-11/h3-9,15,18H,10H2,1-2H3. The lowest BCUT2D eigenvalue weighted by Gasteiger charge is -2.14. The summed E-state index contributed by atoms with van der Waals surface area (Å²) in [4.78, 5) is 1.18. The molecule has 2 aromatic rings. The van der Waals surface area contributed by atoms with Crippen LogP contribution in [0.3, 0.4) is 0 Å². The molecule has 106 valence electrons. The van der Waals surface area contributed by atoms with Crippen LogP contribution in [0.15, 0.2) is 47.4 Å². The van der Waals surface area contributed by atoms with Gasteiger partial charge in [0.2, 0.25) is 0 Å². The van der Waals surface area contributed by atoms with E-state index in [-0.39, 0.29) is 0 Å². The molecule has 0 aliphatic rings. The molecule has 2 aromatic carbocycles. The predicted octanol–water partition coefficient (Wildman–Crippen LogP) is 4.35. The Labute approximate surface area is 128 Å². The van der Waals surface area contributed by atoms with Crippen molar-refractivity contribution < 1.29 is 9.84 Å². The van der Waals surface area contributed by atoms with Crippen LogP contribution in [0.25, 0.3) is 0 Å². The predicted molar refractivity (Wildman–Crippen MR) is 84.9 cm³/mol. The summed E-state index contributed by atoms with van der Waals surface area (Å²) in [7, 11) is 1.62. The Morgan fingerprint density at radius 2 is 1.90 bits per heavy atom. The molecule has 0 radical (unpaired) electrons. The average molecular weight is 309 g/mol. The lowest BCUT2D eigenvalue weighted by molar-refractivity contribution is 0.177. The molecule has 0 fully saturated rings. The van der Waals surface area contributed by atoms with Crippen molar-refractivity contribution in [1.29, 1.82) is 0 Å². The van der Waals surface area contributed by atoms with Gasteiger partial charge in [-0.25, -0.2) is 0 Å². The van der Waals surface area contributed by atoms with Gasteiger partial charge in [-0.1, -0.05) is 23.7 Å². The van der Waals surface area contributed by atoms with Gasteiger partial charge in [0.15, 0.2) is 0 Å². The fourth-order valence-corrected chi connectivity index (χ4v) is 2.66. The summed E-state index contributed by atoms with van der Waals surface area (Å²) in [6.07, 6.45) is 1.93. The van der Waals surface area contributed by atoms with Crippen LogP contribution in [-0.2, 0) is 6.42 Å². The third-order valence-electron chi connectivity index (χ3n) is 3.16. The Kier molecular flexibility index (Phi) is 5.35. The maximum atomic E-state index is 10.3. The number of thioether (sulfide) groups is 1. The summed E-state index contributed by atoms with van der Waals surface area (Å²) >= 11 is 7.69. The van der Waals surface area contributed by atoms with E-state index in [1.165, 1.54) is 4.90 Å². The molecular formula is C16H17ClO2S. The minimum Gasteiger partial charge on any atom is -0.496 e. The summed E-state index contributed by atoms with van der Waals surface area (Å²) in [6.45, 7) is 0. The Bertz CT molecular complexity index is 569. The van der Waals surface area contributed by atoms with Gasteiger partial charge < -0.3 is 9.84 Å². The van der Waals surface area contributed by atoms with Crippen molar-refractivity contribution in [2.24, 2.45) is 0 Å². The number of aliphatic hydroxyl groups excluding tert-OH is 1. The summed E-state index contributed by atoms with van der Waals surface area (Å²) in [5.74, 6) is 0.745. The molecule has 0 spiro atoms. The molecule has 0 aromatic heterocycles. The summed E-state index contributed by atoms with van der Waals surface area (Å²) in [6, 6.07) is 13.4. The highest BCUT2D eigenvalue weighted by Crippen LogP contribution is 2.28. The van der Waals surface area contributed by atoms with E-state index in [0.717, 1.165) is 16.9 Å².